The number of hydrogen-bond acceptors (Lipinski definition) is 8. The molecule has 4 rings (SSSR count). The fraction of sp³-hybridized carbons (Fsp3) is 0.385. The third-order valence-corrected chi connectivity index (χ3v) is 5.78. The fourth-order valence-electron chi connectivity index (χ4n) is 4.23. The number of fused-ring (bicyclic) bond motifs is 1. The van der Waals surface area contributed by atoms with Crippen LogP contribution < -0.4 is 18.9 Å². The van der Waals surface area contributed by atoms with Crippen LogP contribution in [0.15, 0.2) is 42.0 Å². The van der Waals surface area contributed by atoms with Gasteiger partial charge in [-0.05, 0) is 49.7 Å². The number of methoxy groups -OCH3 is 1. The van der Waals surface area contributed by atoms with Crippen molar-refractivity contribution in [3.63, 3.8) is 0 Å². The van der Waals surface area contributed by atoms with E-state index in [0.717, 1.165) is 0 Å². The second kappa shape index (κ2) is 10.7. The van der Waals surface area contributed by atoms with Crippen LogP contribution in [0.5, 0.6) is 23.0 Å². The summed E-state index contributed by atoms with van der Waals surface area (Å²) in [5.74, 6) is 0.283. The highest BCUT2D eigenvalue weighted by molar-refractivity contribution is 6.46. The molecule has 186 valence electrons. The molecule has 0 aliphatic carbocycles. The molecule has 0 aromatic heterocycles. The predicted molar refractivity (Wildman–Crippen MR) is 127 cm³/mol. The normalized spacial score (nSPS) is 18.6. The number of rotatable bonds is 9. The third-order valence-electron chi connectivity index (χ3n) is 5.78. The first kappa shape index (κ1) is 24.4. The Labute approximate surface area is 203 Å². The maximum atomic E-state index is 13.2. The second-order valence-corrected chi connectivity index (χ2v) is 7.92. The first-order valence-corrected chi connectivity index (χ1v) is 11.6. The molecule has 1 N–H and O–H groups in total. The van der Waals surface area contributed by atoms with Crippen LogP contribution in [0.1, 0.15) is 31.0 Å². The lowest BCUT2D eigenvalue weighted by atomic mass is 9.94. The number of aliphatic hydroxyl groups excluding tert-OH is 1. The van der Waals surface area contributed by atoms with Crippen LogP contribution in [0.4, 0.5) is 0 Å². The first-order chi connectivity index (χ1) is 17.0. The van der Waals surface area contributed by atoms with E-state index in [4.69, 9.17) is 23.7 Å². The lowest BCUT2D eigenvalue weighted by Crippen LogP contribution is -2.32. The quantitative estimate of drug-likeness (QED) is 0.329. The number of ether oxygens (including phenoxy) is 5. The number of benzene rings is 2. The van der Waals surface area contributed by atoms with Gasteiger partial charge in [-0.2, -0.15) is 0 Å². The van der Waals surface area contributed by atoms with Gasteiger partial charge in [0.2, 0.25) is 0 Å². The summed E-state index contributed by atoms with van der Waals surface area (Å²) < 4.78 is 27.8. The molecule has 0 radical (unpaired) electrons. The van der Waals surface area contributed by atoms with Gasteiger partial charge in [-0.15, -0.1) is 0 Å². The van der Waals surface area contributed by atoms with Crippen molar-refractivity contribution in [3.05, 3.63) is 53.1 Å². The van der Waals surface area contributed by atoms with Crippen molar-refractivity contribution < 1.29 is 38.4 Å². The van der Waals surface area contributed by atoms with E-state index in [1.807, 2.05) is 13.8 Å². The SMILES string of the molecule is CCOc1ccc(C2C(=C(O)c3ccc4c(c3)OCCO4)C(=O)C(=O)N2CCOC)cc1OCC. The number of ketones is 1. The molecule has 35 heavy (non-hydrogen) atoms. The van der Waals surface area contributed by atoms with E-state index < -0.39 is 17.7 Å². The van der Waals surface area contributed by atoms with Gasteiger partial charge in [0.1, 0.15) is 19.0 Å². The van der Waals surface area contributed by atoms with Crippen LogP contribution in [0.3, 0.4) is 0 Å². The van der Waals surface area contributed by atoms with E-state index in [9.17, 15) is 14.7 Å². The van der Waals surface area contributed by atoms with E-state index in [1.165, 1.54) is 12.0 Å². The molecule has 2 aromatic rings. The summed E-state index contributed by atoms with van der Waals surface area (Å²) in [5.41, 5.74) is 0.931. The number of carbonyl (C=O) groups excluding carboxylic acids is 2. The minimum atomic E-state index is -0.840. The number of nitrogens with zero attached hydrogens (tertiary/aromatic N) is 1. The van der Waals surface area contributed by atoms with Crippen molar-refractivity contribution >= 4 is 17.4 Å². The minimum absolute atomic E-state index is 0.0191. The molecule has 0 spiro atoms. The molecule has 9 nitrogen and oxygen atoms in total. The number of Topliss-reactive ketones (excluding diaryl/α,β-unsaturated/α-hetero) is 1. The van der Waals surface area contributed by atoms with Gasteiger partial charge in [-0.25, -0.2) is 0 Å². The van der Waals surface area contributed by atoms with Crippen LogP contribution >= 0.6 is 0 Å². The maximum absolute atomic E-state index is 13.2. The Bertz CT molecular complexity index is 1140. The largest absolute Gasteiger partial charge is 0.507 e. The number of likely N-dealkylation sites (tertiary alicyclic amines) is 1. The van der Waals surface area contributed by atoms with Crippen molar-refractivity contribution in [2.45, 2.75) is 19.9 Å². The first-order valence-electron chi connectivity index (χ1n) is 11.6. The standard InChI is InChI=1S/C26H29NO8/c1-4-32-18-8-6-16(14-20(18)33-5-2)23-22(25(29)26(30)27(23)10-11-31-3)24(28)17-7-9-19-21(15-17)35-13-12-34-19/h6-9,14-15,23,28H,4-5,10-13H2,1-3H3. The van der Waals surface area contributed by atoms with Crippen LogP contribution in [0.2, 0.25) is 0 Å². The van der Waals surface area contributed by atoms with Crippen LogP contribution in [-0.4, -0.2) is 68.4 Å². The second-order valence-electron chi connectivity index (χ2n) is 7.92. The van der Waals surface area contributed by atoms with Gasteiger partial charge in [0.25, 0.3) is 11.7 Å². The summed E-state index contributed by atoms with van der Waals surface area (Å²) in [7, 11) is 1.52. The molecule has 2 aliphatic heterocycles. The molecule has 0 saturated carbocycles. The molecule has 1 fully saturated rings. The van der Waals surface area contributed by atoms with Crippen molar-refractivity contribution in [2.24, 2.45) is 0 Å². The van der Waals surface area contributed by atoms with Gasteiger partial charge in [-0.3, -0.25) is 9.59 Å². The molecule has 1 amide bonds. The van der Waals surface area contributed by atoms with Crippen LogP contribution in [-0.2, 0) is 14.3 Å². The van der Waals surface area contributed by atoms with Crippen LogP contribution in [0.25, 0.3) is 5.76 Å². The third kappa shape index (κ3) is 4.77. The predicted octanol–water partition coefficient (Wildman–Crippen LogP) is 3.32. The molecule has 9 heteroatoms. The smallest absolute Gasteiger partial charge is 0.295 e. The monoisotopic (exact) mass is 483 g/mol. The number of hydrogen-bond donors (Lipinski definition) is 1. The van der Waals surface area contributed by atoms with Crippen molar-refractivity contribution in [2.75, 3.05) is 46.7 Å². The average molecular weight is 484 g/mol. The number of aliphatic hydroxyl groups is 1. The minimum Gasteiger partial charge on any atom is -0.507 e. The molecule has 1 saturated heterocycles. The zero-order chi connectivity index (χ0) is 24.9. The van der Waals surface area contributed by atoms with Gasteiger partial charge >= 0.3 is 0 Å². The molecule has 1 atom stereocenters. The summed E-state index contributed by atoms with van der Waals surface area (Å²) >= 11 is 0. The Hall–Kier alpha value is -3.72. The lowest BCUT2D eigenvalue weighted by molar-refractivity contribution is -0.140. The van der Waals surface area contributed by atoms with Crippen molar-refractivity contribution in [1.29, 1.82) is 0 Å². The van der Waals surface area contributed by atoms with Gasteiger partial charge in [-0.1, -0.05) is 6.07 Å². The molecule has 2 aliphatic rings. The summed E-state index contributed by atoms with van der Waals surface area (Å²) in [6.07, 6.45) is 0. The Balaban J connectivity index is 1.84. The summed E-state index contributed by atoms with van der Waals surface area (Å²) in [6.45, 7) is 5.80. The van der Waals surface area contributed by atoms with Crippen molar-refractivity contribution in [3.8, 4) is 23.0 Å². The molecule has 2 aromatic carbocycles. The topological polar surface area (TPSA) is 104 Å². The van der Waals surface area contributed by atoms with E-state index in [0.29, 0.717) is 60.6 Å². The molecule has 1 unspecified atom stereocenters. The Morgan fingerprint density at radius 1 is 1.00 bits per heavy atom. The Morgan fingerprint density at radius 3 is 2.43 bits per heavy atom. The summed E-state index contributed by atoms with van der Waals surface area (Å²) in [5, 5.41) is 11.3. The average Bonchev–Trinajstić information content (AvgIpc) is 3.13. The zero-order valence-electron chi connectivity index (χ0n) is 20.0. The highest BCUT2D eigenvalue weighted by atomic mass is 16.6. The van der Waals surface area contributed by atoms with Gasteiger partial charge in [0.05, 0.1) is 31.4 Å². The number of carbonyl (C=O) groups is 2. The lowest BCUT2D eigenvalue weighted by Gasteiger charge is -2.26. The molecule has 2 heterocycles. The van der Waals surface area contributed by atoms with Gasteiger partial charge < -0.3 is 33.7 Å². The number of amides is 1. The summed E-state index contributed by atoms with van der Waals surface area (Å²) in [4.78, 5) is 27.6. The molecular weight excluding hydrogens is 454 g/mol. The van der Waals surface area contributed by atoms with E-state index in [-0.39, 0.29) is 24.5 Å². The van der Waals surface area contributed by atoms with E-state index in [1.54, 1.807) is 36.4 Å². The van der Waals surface area contributed by atoms with Gasteiger partial charge in [0.15, 0.2) is 23.0 Å². The Kier molecular flexibility index (Phi) is 7.45. The zero-order valence-corrected chi connectivity index (χ0v) is 20.0. The van der Waals surface area contributed by atoms with Crippen molar-refractivity contribution in [1.82, 2.24) is 4.90 Å². The molecular formula is C26H29NO8. The van der Waals surface area contributed by atoms with E-state index >= 15 is 0 Å². The summed E-state index contributed by atoms with van der Waals surface area (Å²) in [6, 6.07) is 9.31. The fourth-order valence-corrected chi connectivity index (χ4v) is 4.23. The molecule has 0 bridgehead atoms. The highest BCUT2D eigenvalue weighted by Crippen LogP contribution is 2.43. The Morgan fingerprint density at radius 2 is 1.71 bits per heavy atom. The highest BCUT2D eigenvalue weighted by Gasteiger charge is 2.46. The van der Waals surface area contributed by atoms with Crippen LogP contribution in [0, 0.1) is 0 Å². The van der Waals surface area contributed by atoms with Gasteiger partial charge in [0, 0.05) is 19.2 Å². The maximum Gasteiger partial charge on any atom is 0.295 e. The van der Waals surface area contributed by atoms with E-state index in [2.05, 4.69) is 0 Å².